The summed E-state index contributed by atoms with van der Waals surface area (Å²) < 4.78 is 0. The maximum atomic E-state index is 11.3. The van der Waals surface area contributed by atoms with Crippen molar-refractivity contribution in [1.82, 2.24) is 10.6 Å². The van der Waals surface area contributed by atoms with Gasteiger partial charge in [0.2, 0.25) is 11.8 Å². The molecule has 0 aliphatic rings. The summed E-state index contributed by atoms with van der Waals surface area (Å²) in [6.07, 6.45) is 1.53. The molecule has 17 heavy (non-hydrogen) atoms. The molecule has 0 rings (SSSR count). The zero-order valence-corrected chi connectivity index (χ0v) is 11.0. The molecule has 0 saturated heterocycles. The van der Waals surface area contributed by atoms with Crippen molar-refractivity contribution in [2.45, 2.75) is 46.1 Å². The van der Waals surface area contributed by atoms with Crippen LogP contribution in [0.4, 0.5) is 0 Å². The van der Waals surface area contributed by atoms with Gasteiger partial charge in [0.1, 0.15) is 0 Å². The number of hydrogen-bond donors (Lipinski definition) is 3. The van der Waals surface area contributed by atoms with Crippen LogP contribution in [0.15, 0.2) is 0 Å². The minimum absolute atomic E-state index is 0.0218. The largest absolute Gasteiger partial charge is 0.391 e. The van der Waals surface area contributed by atoms with Gasteiger partial charge in [-0.3, -0.25) is 9.59 Å². The van der Waals surface area contributed by atoms with Crippen LogP contribution in [0, 0.1) is 5.92 Å². The molecular weight excluding hydrogens is 220 g/mol. The van der Waals surface area contributed by atoms with E-state index in [1.807, 2.05) is 20.8 Å². The number of carbonyl (C=O) groups is 2. The molecule has 100 valence electrons. The van der Waals surface area contributed by atoms with Crippen molar-refractivity contribution in [1.29, 1.82) is 0 Å². The third-order valence-electron chi connectivity index (χ3n) is 2.73. The first-order valence-electron chi connectivity index (χ1n) is 6.22. The highest BCUT2D eigenvalue weighted by atomic mass is 16.3. The molecule has 0 radical (unpaired) electrons. The number of aliphatic hydroxyl groups excluding tert-OH is 1. The molecule has 5 nitrogen and oxygen atoms in total. The molecule has 3 N–H and O–H groups in total. The molecule has 2 amide bonds. The number of rotatable bonds is 8. The van der Waals surface area contributed by atoms with Crippen LogP contribution >= 0.6 is 0 Å². The van der Waals surface area contributed by atoms with E-state index in [1.165, 1.54) is 0 Å². The van der Waals surface area contributed by atoms with E-state index in [4.69, 9.17) is 0 Å². The molecule has 0 heterocycles. The summed E-state index contributed by atoms with van der Waals surface area (Å²) in [6.45, 7) is 6.03. The Kier molecular flexibility index (Phi) is 8.40. The van der Waals surface area contributed by atoms with Gasteiger partial charge >= 0.3 is 0 Å². The third kappa shape index (κ3) is 7.74. The maximum Gasteiger partial charge on any atom is 0.239 e. The average Bonchev–Trinajstić information content (AvgIpc) is 2.32. The fraction of sp³-hybridized carbons (Fsp3) is 0.833. The zero-order chi connectivity index (χ0) is 13.3. The maximum absolute atomic E-state index is 11.3. The fourth-order valence-electron chi connectivity index (χ4n) is 1.25. The summed E-state index contributed by atoms with van der Waals surface area (Å²) in [5, 5.41) is 14.7. The van der Waals surface area contributed by atoms with E-state index in [0.717, 1.165) is 12.8 Å². The van der Waals surface area contributed by atoms with Gasteiger partial charge in [-0.25, -0.2) is 0 Å². The number of nitrogens with one attached hydrogen (secondary N) is 2. The smallest absolute Gasteiger partial charge is 0.239 e. The summed E-state index contributed by atoms with van der Waals surface area (Å²) in [5.74, 6) is -0.230. The molecule has 2 unspecified atom stereocenters. The van der Waals surface area contributed by atoms with E-state index < -0.39 is 6.10 Å². The lowest BCUT2D eigenvalue weighted by Gasteiger charge is -2.17. The van der Waals surface area contributed by atoms with Crippen LogP contribution in [0.5, 0.6) is 0 Å². The van der Waals surface area contributed by atoms with Crippen LogP contribution in [0.3, 0.4) is 0 Å². The Hall–Kier alpha value is -1.10. The summed E-state index contributed by atoms with van der Waals surface area (Å²) in [5.41, 5.74) is 0. The van der Waals surface area contributed by atoms with Gasteiger partial charge < -0.3 is 15.7 Å². The monoisotopic (exact) mass is 244 g/mol. The van der Waals surface area contributed by atoms with E-state index in [0.29, 0.717) is 6.42 Å². The summed E-state index contributed by atoms with van der Waals surface area (Å²) in [6, 6.07) is 0. The Balaban J connectivity index is 3.69. The zero-order valence-electron chi connectivity index (χ0n) is 11.0. The Bertz CT molecular complexity index is 244. The van der Waals surface area contributed by atoms with Crippen LogP contribution in [-0.2, 0) is 9.59 Å². The van der Waals surface area contributed by atoms with Gasteiger partial charge in [0.15, 0.2) is 0 Å². The highest BCUT2D eigenvalue weighted by Gasteiger charge is 2.13. The van der Waals surface area contributed by atoms with Gasteiger partial charge in [-0.05, 0) is 12.3 Å². The Morgan fingerprint density at radius 1 is 1.18 bits per heavy atom. The molecule has 0 spiro atoms. The molecule has 2 atom stereocenters. The van der Waals surface area contributed by atoms with E-state index >= 15 is 0 Å². The van der Waals surface area contributed by atoms with Crippen molar-refractivity contribution in [2.75, 3.05) is 13.1 Å². The van der Waals surface area contributed by atoms with Crippen molar-refractivity contribution >= 4 is 11.8 Å². The molecule has 0 fully saturated rings. The van der Waals surface area contributed by atoms with Gasteiger partial charge in [0.05, 0.1) is 12.6 Å². The number of carbonyl (C=O) groups excluding carboxylic acids is 2. The van der Waals surface area contributed by atoms with Crippen molar-refractivity contribution in [3.8, 4) is 0 Å². The van der Waals surface area contributed by atoms with Crippen molar-refractivity contribution in [3.05, 3.63) is 0 Å². The summed E-state index contributed by atoms with van der Waals surface area (Å²) in [7, 11) is 0. The first kappa shape index (κ1) is 15.9. The lowest BCUT2D eigenvalue weighted by molar-refractivity contribution is -0.126. The fourth-order valence-corrected chi connectivity index (χ4v) is 1.25. The van der Waals surface area contributed by atoms with Gasteiger partial charge in [-0.2, -0.15) is 0 Å². The topological polar surface area (TPSA) is 78.4 Å². The molecule has 0 aliphatic carbocycles. The predicted octanol–water partition coefficient (Wildman–Crippen LogP) is 0.426. The SMILES string of the molecule is CCCC(=O)NCC(=O)NCC(O)C(C)CC. The molecule has 0 aromatic rings. The van der Waals surface area contributed by atoms with E-state index in [9.17, 15) is 14.7 Å². The van der Waals surface area contributed by atoms with Gasteiger partial charge in [-0.15, -0.1) is 0 Å². The second kappa shape index (κ2) is 8.98. The highest BCUT2D eigenvalue weighted by molar-refractivity contribution is 5.84. The third-order valence-corrected chi connectivity index (χ3v) is 2.73. The average molecular weight is 244 g/mol. The first-order valence-corrected chi connectivity index (χ1v) is 6.22. The normalized spacial score (nSPS) is 13.9. The molecular formula is C12H24N2O3. The minimum Gasteiger partial charge on any atom is -0.391 e. The lowest BCUT2D eigenvalue weighted by Crippen LogP contribution is -2.41. The molecule has 0 bridgehead atoms. The second-order valence-electron chi connectivity index (χ2n) is 4.28. The van der Waals surface area contributed by atoms with E-state index in [-0.39, 0.29) is 30.8 Å². The van der Waals surface area contributed by atoms with Crippen LogP contribution < -0.4 is 10.6 Å². The first-order chi connectivity index (χ1) is 8.01. The van der Waals surface area contributed by atoms with Crippen molar-refractivity contribution in [2.24, 2.45) is 5.92 Å². The standard InChI is InChI=1S/C12H24N2O3/c1-4-6-11(16)14-8-12(17)13-7-10(15)9(3)5-2/h9-10,15H,4-8H2,1-3H3,(H,13,17)(H,14,16). The number of aliphatic hydroxyl groups is 1. The van der Waals surface area contributed by atoms with Gasteiger partial charge in [0.25, 0.3) is 0 Å². The Morgan fingerprint density at radius 3 is 2.35 bits per heavy atom. The predicted molar refractivity (Wildman–Crippen MR) is 66.4 cm³/mol. The molecule has 0 aromatic carbocycles. The van der Waals surface area contributed by atoms with Crippen LogP contribution in [0.2, 0.25) is 0 Å². The van der Waals surface area contributed by atoms with Crippen LogP contribution in [0.1, 0.15) is 40.0 Å². The lowest BCUT2D eigenvalue weighted by atomic mass is 10.0. The van der Waals surface area contributed by atoms with Gasteiger partial charge in [-0.1, -0.05) is 27.2 Å². The van der Waals surface area contributed by atoms with Crippen molar-refractivity contribution in [3.63, 3.8) is 0 Å². The molecule has 0 aromatic heterocycles. The molecule has 5 heteroatoms. The van der Waals surface area contributed by atoms with Crippen LogP contribution in [-0.4, -0.2) is 36.1 Å². The summed E-state index contributed by atoms with van der Waals surface area (Å²) >= 11 is 0. The number of amides is 2. The Labute approximate surface area is 103 Å². The summed E-state index contributed by atoms with van der Waals surface area (Å²) in [4.78, 5) is 22.4. The molecule has 0 saturated carbocycles. The second-order valence-corrected chi connectivity index (χ2v) is 4.28. The quantitative estimate of drug-likeness (QED) is 0.579. The minimum atomic E-state index is -0.532. The molecule has 0 aliphatic heterocycles. The van der Waals surface area contributed by atoms with Gasteiger partial charge in [0, 0.05) is 13.0 Å². The van der Waals surface area contributed by atoms with Crippen LogP contribution in [0.25, 0.3) is 0 Å². The Morgan fingerprint density at radius 2 is 1.82 bits per heavy atom. The number of hydrogen-bond acceptors (Lipinski definition) is 3. The van der Waals surface area contributed by atoms with E-state index in [1.54, 1.807) is 0 Å². The van der Waals surface area contributed by atoms with Crippen molar-refractivity contribution < 1.29 is 14.7 Å². The van der Waals surface area contributed by atoms with E-state index in [2.05, 4.69) is 10.6 Å². The highest BCUT2D eigenvalue weighted by Crippen LogP contribution is 2.05.